The van der Waals surface area contributed by atoms with Gasteiger partial charge in [0, 0.05) is 19.6 Å². The molecule has 8 heteroatoms. The lowest BCUT2D eigenvalue weighted by molar-refractivity contribution is 0.413. The van der Waals surface area contributed by atoms with Gasteiger partial charge in [0.1, 0.15) is 5.75 Å². The maximum Gasteiger partial charge on any atom is 0.243 e. The Labute approximate surface area is 137 Å². The monoisotopic (exact) mass is 354 g/mol. The normalized spacial score (nSPS) is 16.9. The molecule has 0 bridgehead atoms. The van der Waals surface area contributed by atoms with Gasteiger partial charge in [-0.15, -0.1) is 12.4 Å². The van der Waals surface area contributed by atoms with Crippen LogP contribution in [0.3, 0.4) is 0 Å². The van der Waals surface area contributed by atoms with Gasteiger partial charge < -0.3 is 10.1 Å². The summed E-state index contributed by atoms with van der Waals surface area (Å²) in [5, 5.41) is 3.50. The van der Waals surface area contributed by atoms with E-state index in [2.05, 4.69) is 5.32 Å². The van der Waals surface area contributed by atoms with Crippen molar-refractivity contribution >= 4 is 34.0 Å². The van der Waals surface area contributed by atoms with Crippen LogP contribution in [-0.4, -0.2) is 46.0 Å². The lowest BCUT2D eigenvalue weighted by Gasteiger charge is -2.21. The zero-order chi connectivity index (χ0) is 14.8. The van der Waals surface area contributed by atoms with Crippen molar-refractivity contribution in [1.82, 2.24) is 9.62 Å². The Morgan fingerprint density at radius 1 is 1.29 bits per heavy atom. The first-order valence-corrected chi connectivity index (χ1v) is 8.33. The van der Waals surface area contributed by atoms with Crippen LogP contribution in [0.1, 0.15) is 12.0 Å². The highest BCUT2D eigenvalue weighted by Gasteiger charge is 2.27. The van der Waals surface area contributed by atoms with Gasteiger partial charge in [0.2, 0.25) is 10.0 Å². The van der Waals surface area contributed by atoms with Crippen molar-refractivity contribution in [3.05, 3.63) is 22.7 Å². The van der Waals surface area contributed by atoms with E-state index in [4.69, 9.17) is 16.3 Å². The first kappa shape index (κ1) is 18.5. The molecule has 0 atom stereocenters. The van der Waals surface area contributed by atoms with E-state index in [1.807, 2.05) is 0 Å². The Morgan fingerprint density at radius 3 is 2.67 bits per heavy atom. The van der Waals surface area contributed by atoms with Crippen LogP contribution in [0.5, 0.6) is 5.75 Å². The third-order valence-electron chi connectivity index (χ3n) is 3.37. The maximum atomic E-state index is 12.7. The van der Waals surface area contributed by atoms with Crippen LogP contribution >= 0.6 is 24.0 Å². The van der Waals surface area contributed by atoms with Gasteiger partial charge in [0.05, 0.1) is 17.0 Å². The second-order valence-electron chi connectivity index (χ2n) is 4.76. The zero-order valence-electron chi connectivity index (χ0n) is 12.1. The minimum atomic E-state index is -3.51. The highest BCUT2D eigenvalue weighted by molar-refractivity contribution is 7.89. The lowest BCUT2D eigenvalue weighted by atomic mass is 10.2. The number of methoxy groups -OCH3 is 1. The highest BCUT2D eigenvalue weighted by atomic mass is 35.5. The lowest BCUT2D eigenvalue weighted by Crippen LogP contribution is -2.34. The average Bonchev–Trinajstić information content (AvgIpc) is 2.70. The van der Waals surface area contributed by atoms with Gasteiger partial charge in [-0.1, -0.05) is 11.6 Å². The molecule has 1 heterocycles. The van der Waals surface area contributed by atoms with E-state index in [9.17, 15) is 8.42 Å². The predicted octanol–water partition coefficient (Wildman–Crippen LogP) is 2.06. The summed E-state index contributed by atoms with van der Waals surface area (Å²) in [4.78, 5) is 0.255. The molecule has 0 saturated carbocycles. The summed E-state index contributed by atoms with van der Waals surface area (Å²) in [6, 6.07) is 3.13. The molecular formula is C13H20Cl2N2O3S. The molecule has 0 radical (unpaired) electrons. The summed E-state index contributed by atoms with van der Waals surface area (Å²) in [5.41, 5.74) is 0.642. The summed E-state index contributed by atoms with van der Waals surface area (Å²) < 4.78 is 32.0. The number of hydrogen-bond acceptors (Lipinski definition) is 4. The minimum Gasteiger partial charge on any atom is -0.495 e. The van der Waals surface area contributed by atoms with Gasteiger partial charge in [-0.3, -0.25) is 0 Å². The van der Waals surface area contributed by atoms with Crippen LogP contribution < -0.4 is 10.1 Å². The molecule has 1 N–H and O–H groups in total. The second kappa shape index (κ2) is 7.65. The second-order valence-corrected chi connectivity index (χ2v) is 7.07. The molecule has 2 rings (SSSR count). The Kier molecular flexibility index (Phi) is 6.74. The number of hydrogen-bond donors (Lipinski definition) is 1. The molecule has 21 heavy (non-hydrogen) atoms. The van der Waals surface area contributed by atoms with Gasteiger partial charge in [0.25, 0.3) is 0 Å². The fraction of sp³-hybridized carbons (Fsp3) is 0.538. The molecule has 0 aliphatic carbocycles. The van der Waals surface area contributed by atoms with Crippen LogP contribution in [-0.2, 0) is 10.0 Å². The summed E-state index contributed by atoms with van der Waals surface area (Å²) in [6.07, 6.45) is 0.808. The van der Waals surface area contributed by atoms with Gasteiger partial charge in [-0.25, -0.2) is 8.42 Å². The molecule has 5 nitrogen and oxygen atoms in total. The molecule has 1 aromatic rings. The standard InChI is InChI=1S/C13H19ClN2O3S.ClH/c1-10-8-12(19-2)11(14)9-13(10)20(17,18)16-6-3-4-15-5-7-16;/h8-9,15H,3-7H2,1-2H3;1H. The largest absolute Gasteiger partial charge is 0.495 e. The van der Waals surface area contributed by atoms with Gasteiger partial charge in [0.15, 0.2) is 0 Å². The average molecular weight is 355 g/mol. The smallest absolute Gasteiger partial charge is 0.243 e. The number of sulfonamides is 1. The van der Waals surface area contributed by atoms with Crippen molar-refractivity contribution in [2.75, 3.05) is 33.3 Å². The van der Waals surface area contributed by atoms with Crippen molar-refractivity contribution in [3.8, 4) is 5.75 Å². The molecule has 1 fully saturated rings. The number of halogens is 2. The van der Waals surface area contributed by atoms with Crippen molar-refractivity contribution in [3.63, 3.8) is 0 Å². The summed E-state index contributed by atoms with van der Waals surface area (Å²) in [5.74, 6) is 0.487. The van der Waals surface area contributed by atoms with Crippen LogP contribution in [0.4, 0.5) is 0 Å². The summed E-state index contributed by atoms with van der Waals surface area (Å²) in [7, 11) is -2.00. The number of benzene rings is 1. The zero-order valence-corrected chi connectivity index (χ0v) is 14.4. The third-order valence-corrected chi connectivity index (χ3v) is 5.70. The fourth-order valence-electron chi connectivity index (χ4n) is 2.27. The number of nitrogens with one attached hydrogen (secondary N) is 1. The van der Waals surface area contributed by atoms with Crippen molar-refractivity contribution in [2.24, 2.45) is 0 Å². The first-order valence-electron chi connectivity index (χ1n) is 6.52. The Balaban J connectivity index is 0.00000220. The molecular weight excluding hydrogens is 335 g/mol. The van der Waals surface area contributed by atoms with E-state index in [-0.39, 0.29) is 17.3 Å². The summed E-state index contributed by atoms with van der Waals surface area (Å²) >= 11 is 6.06. The predicted molar refractivity (Wildman–Crippen MR) is 86.2 cm³/mol. The molecule has 1 aromatic carbocycles. The van der Waals surface area contributed by atoms with E-state index < -0.39 is 10.0 Å². The number of ether oxygens (including phenoxy) is 1. The van der Waals surface area contributed by atoms with Crippen molar-refractivity contribution < 1.29 is 13.2 Å². The van der Waals surface area contributed by atoms with Gasteiger partial charge in [-0.2, -0.15) is 4.31 Å². The third kappa shape index (κ3) is 4.02. The van der Waals surface area contributed by atoms with Gasteiger partial charge in [-0.05, 0) is 37.6 Å². The molecule has 0 spiro atoms. The molecule has 1 aliphatic rings. The quantitative estimate of drug-likeness (QED) is 0.902. The topological polar surface area (TPSA) is 58.6 Å². The molecule has 120 valence electrons. The van der Waals surface area contributed by atoms with E-state index in [1.165, 1.54) is 17.5 Å². The van der Waals surface area contributed by atoms with Gasteiger partial charge >= 0.3 is 0 Å². The molecule has 1 aliphatic heterocycles. The Bertz CT molecular complexity index is 585. The Hall–Kier alpha value is -0.530. The van der Waals surface area contributed by atoms with E-state index in [1.54, 1.807) is 13.0 Å². The highest BCUT2D eigenvalue weighted by Crippen LogP contribution is 2.31. The minimum absolute atomic E-state index is 0. The number of rotatable bonds is 3. The van der Waals surface area contributed by atoms with Crippen molar-refractivity contribution in [2.45, 2.75) is 18.2 Å². The SMILES string of the molecule is COc1cc(C)c(S(=O)(=O)N2CCCNCC2)cc1Cl.Cl. The number of aryl methyl sites for hydroxylation is 1. The van der Waals surface area contributed by atoms with E-state index >= 15 is 0 Å². The molecule has 0 unspecified atom stereocenters. The van der Waals surface area contributed by atoms with E-state index in [0.29, 0.717) is 36.0 Å². The fourth-order valence-corrected chi connectivity index (χ4v) is 4.29. The van der Waals surface area contributed by atoms with Crippen molar-refractivity contribution in [1.29, 1.82) is 0 Å². The Morgan fingerprint density at radius 2 is 2.00 bits per heavy atom. The molecule has 1 saturated heterocycles. The van der Waals surface area contributed by atoms with E-state index in [0.717, 1.165) is 13.0 Å². The first-order chi connectivity index (χ1) is 9.46. The van der Waals surface area contributed by atoms with Crippen LogP contribution in [0, 0.1) is 6.92 Å². The number of nitrogens with zero attached hydrogens (tertiary/aromatic N) is 1. The van der Waals surface area contributed by atoms with Crippen LogP contribution in [0.15, 0.2) is 17.0 Å². The van der Waals surface area contributed by atoms with Crippen LogP contribution in [0.25, 0.3) is 0 Å². The van der Waals surface area contributed by atoms with Crippen LogP contribution in [0.2, 0.25) is 5.02 Å². The molecule has 0 aromatic heterocycles. The maximum absolute atomic E-state index is 12.7. The summed E-state index contributed by atoms with van der Waals surface area (Å²) in [6.45, 7) is 4.27. The molecule has 0 amide bonds.